The van der Waals surface area contributed by atoms with Gasteiger partial charge in [0.15, 0.2) is 0 Å². The lowest BCUT2D eigenvalue weighted by molar-refractivity contribution is 0.666. The summed E-state index contributed by atoms with van der Waals surface area (Å²) in [5.41, 5.74) is 10.6. The number of hydrogen-bond acceptors (Lipinski definition) is 2. The molecule has 248 valence electrons. The topological polar surface area (TPSA) is 0 Å². The van der Waals surface area contributed by atoms with Crippen molar-refractivity contribution in [2.45, 2.75) is 19.3 Å². The van der Waals surface area contributed by atoms with E-state index in [-0.39, 0.29) is 5.41 Å². The van der Waals surface area contributed by atoms with Crippen molar-refractivity contribution in [3.8, 4) is 33.4 Å². The highest BCUT2D eigenvalue weighted by molar-refractivity contribution is 7.26. The first-order valence-electron chi connectivity index (χ1n) is 18.4. The Balaban J connectivity index is 1.09. The normalized spacial score (nSPS) is 13.6. The lowest BCUT2D eigenvalue weighted by Gasteiger charge is -2.23. The first-order chi connectivity index (χ1) is 26.0. The highest BCUT2D eigenvalue weighted by atomic mass is 32.1. The second-order valence-corrected chi connectivity index (χ2v) is 17.3. The third kappa shape index (κ3) is 4.00. The van der Waals surface area contributed by atoms with Crippen LogP contribution >= 0.6 is 22.7 Å². The van der Waals surface area contributed by atoms with Gasteiger partial charge in [-0.2, -0.15) is 0 Å². The van der Waals surface area contributed by atoms with Crippen LogP contribution in [0.2, 0.25) is 0 Å². The minimum absolute atomic E-state index is 0.120. The first-order valence-corrected chi connectivity index (χ1v) is 20.1. The van der Waals surface area contributed by atoms with E-state index in [2.05, 4.69) is 172 Å². The Morgan fingerprint density at radius 2 is 0.849 bits per heavy atom. The van der Waals surface area contributed by atoms with Gasteiger partial charge in [-0.15, -0.1) is 22.7 Å². The standard InChI is InChI=1S/C51H32S2/c1-51(2)43-25-19-29(27-41(43)38-22-24-40-37(49(38)51)21-23-39-31-11-7-10-18-45(31)53-50(39)40)47-33-13-3-5-15-35(33)48(36-16-6-4-14-34(36)47)30-20-26-46-42(28-30)32-12-8-9-17-44(32)52-46/h3-28H,1-2H3. The molecule has 0 N–H and O–H groups in total. The SMILES string of the molecule is CC1(C)c2ccc(-c3c4ccccc4c(-c4ccc5sc6ccccc6c5c4)c4ccccc34)cc2-c2ccc3c(ccc4c5ccccc5sc34)c21. The zero-order chi connectivity index (χ0) is 35.0. The minimum Gasteiger partial charge on any atom is -0.135 e. The van der Waals surface area contributed by atoms with Crippen molar-refractivity contribution in [2.75, 3.05) is 0 Å². The van der Waals surface area contributed by atoms with E-state index >= 15 is 0 Å². The number of rotatable bonds is 2. The molecule has 9 aromatic carbocycles. The van der Waals surface area contributed by atoms with Crippen LogP contribution in [0.3, 0.4) is 0 Å². The van der Waals surface area contributed by atoms with Crippen molar-refractivity contribution in [1.29, 1.82) is 0 Å². The van der Waals surface area contributed by atoms with Gasteiger partial charge in [-0.05, 0) is 107 Å². The van der Waals surface area contributed by atoms with Crippen LogP contribution < -0.4 is 0 Å². The summed E-state index contributed by atoms with van der Waals surface area (Å²) < 4.78 is 5.42. The van der Waals surface area contributed by atoms with Gasteiger partial charge in [0, 0.05) is 45.8 Å². The Kier molecular flexibility index (Phi) is 5.97. The zero-order valence-corrected chi connectivity index (χ0v) is 31.0. The van der Waals surface area contributed by atoms with Crippen LogP contribution in [0.25, 0.3) is 106 Å². The van der Waals surface area contributed by atoms with Gasteiger partial charge in [-0.25, -0.2) is 0 Å². The molecule has 0 atom stereocenters. The van der Waals surface area contributed by atoms with Crippen LogP contribution in [0.1, 0.15) is 25.0 Å². The number of hydrogen-bond donors (Lipinski definition) is 0. The summed E-state index contributed by atoms with van der Waals surface area (Å²) in [6.45, 7) is 4.83. The van der Waals surface area contributed by atoms with E-state index in [4.69, 9.17) is 0 Å². The van der Waals surface area contributed by atoms with Gasteiger partial charge in [0.25, 0.3) is 0 Å². The summed E-state index contributed by atoms with van der Waals surface area (Å²) in [5, 5.41) is 13.3. The Bertz CT molecular complexity index is 3310. The third-order valence-electron chi connectivity index (χ3n) is 12.0. The molecule has 12 rings (SSSR count). The average molecular weight is 709 g/mol. The highest BCUT2D eigenvalue weighted by Gasteiger charge is 2.37. The Morgan fingerprint density at radius 3 is 1.53 bits per heavy atom. The molecule has 1 aliphatic carbocycles. The van der Waals surface area contributed by atoms with Crippen molar-refractivity contribution in [3.05, 3.63) is 169 Å². The molecule has 2 aromatic heterocycles. The molecule has 0 aliphatic heterocycles. The van der Waals surface area contributed by atoms with Crippen LogP contribution in [-0.2, 0) is 5.41 Å². The van der Waals surface area contributed by atoms with E-state index in [0.717, 1.165) is 0 Å². The molecule has 2 heterocycles. The predicted molar refractivity (Wildman–Crippen MR) is 233 cm³/mol. The molecule has 2 heteroatoms. The van der Waals surface area contributed by atoms with Crippen molar-refractivity contribution < 1.29 is 0 Å². The van der Waals surface area contributed by atoms with Crippen molar-refractivity contribution in [1.82, 2.24) is 0 Å². The lowest BCUT2D eigenvalue weighted by Crippen LogP contribution is -2.15. The molecule has 0 amide bonds. The fourth-order valence-corrected chi connectivity index (χ4v) is 12.0. The maximum Gasteiger partial charge on any atom is 0.0433 e. The summed E-state index contributed by atoms with van der Waals surface area (Å²) in [6.07, 6.45) is 0. The smallest absolute Gasteiger partial charge is 0.0433 e. The quantitative estimate of drug-likeness (QED) is 0.157. The third-order valence-corrected chi connectivity index (χ3v) is 14.4. The maximum atomic E-state index is 2.49. The van der Waals surface area contributed by atoms with Gasteiger partial charge in [0.05, 0.1) is 0 Å². The molecule has 11 aromatic rings. The number of benzene rings is 9. The summed E-state index contributed by atoms with van der Waals surface area (Å²) in [4.78, 5) is 0. The van der Waals surface area contributed by atoms with Gasteiger partial charge in [-0.1, -0.05) is 141 Å². The fourth-order valence-electron chi connectivity index (χ4n) is 9.72. The van der Waals surface area contributed by atoms with Crippen LogP contribution in [0.5, 0.6) is 0 Å². The Labute approximate surface area is 315 Å². The van der Waals surface area contributed by atoms with Gasteiger partial charge in [0.2, 0.25) is 0 Å². The van der Waals surface area contributed by atoms with E-state index in [1.807, 2.05) is 22.7 Å². The molecule has 0 bridgehead atoms. The predicted octanol–water partition coefficient (Wildman–Crippen LogP) is 15.5. The molecule has 0 saturated heterocycles. The minimum atomic E-state index is -0.120. The highest BCUT2D eigenvalue weighted by Crippen LogP contribution is 2.54. The van der Waals surface area contributed by atoms with Crippen molar-refractivity contribution >= 4 is 95.3 Å². The van der Waals surface area contributed by atoms with Crippen molar-refractivity contribution in [3.63, 3.8) is 0 Å². The van der Waals surface area contributed by atoms with Crippen LogP contribution in [0.4, 0.5) is 0 Å². The molecule has 53 heavy (non-hydrogen) atoms. The Hall–Kier alpha value is -5.80. The second kappa shape index (κ2) is 10.6. The molecule has 0 nitrogen and oxygen atoms in total. The largest absolute Gasteiger partial charge is 0.135 e. The molecule has 0 unspecified atom stereocenters. The fraction of sp³-hybridized carbons (Fsp3) is 0.0588. The Morgan fingerprint density at radius 1 is 0.358 bits per heavy atom. The second-order valence-electron chi connectivity index (χ2n) is 15.2. The molecule has 1 aliphatic rings. The molecule has 0 saturated carbocycles. The monoisotopic (exact) mass is 708 g/mol. The maximum absolute atomic E-state index is 2.49. The van der Waals surface area contributed by atoms with Crippen LogP contribution in [-0.4, -0.2) is 0 Å². The molecular weight excluding hydrogens is 677 g/mol. The number of thiophene rings is 2. The van der Waals surface area contributed by atoms with E-state index in [9.17, 15) is 0 Å². The van der Waals surface area contributed by atoms with Gasteiger partial charge < -0.3 is 0 Å². The molecule has 0 radical (unpaired) electrons. The van der Waals surface area contributed by atoms with Gasteiger partial charge in [0.1, 0.15) is 0 Å². The lowest BCUT2D eigenvalue weighted by atomic mass is 9.79. The molecule has 0 fully saturated rings. The van der Waals surface area contributed by atoms with Crippen LogP contribution in [0.15, 0.2) is 158 Å². The summed E-state index contributed by atoms with van der Waals surface area (Å²) >= 11 is 3.80. The van der Waals surface area contributed by atoms with E-state index in [1.54, 1.807) is 0 Å². The van der Waals surface area contributed by atoms with E-state index in [1.165, 1.54) is 117 Å². The van der Waals surface area contributed by atoms with Crippen LogP contribution in [0, 0.1) is 0 Å². The molecule has 0 spiro atoms. The van der Waals surface area contributed by atoms with Crippen molar-refractivity contribution in [2.24, 2.45) is 0 Å². The molecular formula is C51H32S2. The zero-order valence-electron chi connectivity index (χ0n) is 29.3. The van der Waals surface area contributed by atoms with E-state index < -0.39 is 0 Å². The number of fused-ring (bicyclic) bond motifs is 14. The summed E-state index contributed by atoms with van der Waals surface area (Å²) in [7, 11) is 0. The van der Waals surface area contributed by atoms with Gasteiger partial charge in [-0.3, -0.25) is 0 Å². The van der Waals surface area contributed by atoms with Gasteiger partial charge >= 0.3 is 0 Å². The van der Waals surface area contributed by atoms with E-state index in [0.29, 0.717) is 0 Å². The summed E-state index contributed by atoms with van der Waals surface area (Å²) in [6, 6.07) is 59.6. The first kappa shape index (κ1) is 29.7. The summed E-state index contributed by atoms with van der Waals surface area (Å²) in [5.74, 6) is 0. The average Bonchev–Trinajstić information content (AvgIpc) is 3.84.